The first kappa shape index (κ1) is 14.9. The fraction of sp³-hybridized carbons (Fsp3) is 0.826. The van der Waals surface area contributed by atoms with Crippen LogP contribution in [0.5, 0.6) is 0 Å². The molecule has 3 fully saturated rings. The van der Waals surface area contributed by atoms with Crippen LogP contribution in [0.2, 0.25) is 0 Å². The van der Waals surface area contributed by atoms with Crippen molar-refractivity contribution in [1.29, 1.82) is 0 Å². The van der Waals surface area contributed by atoms with E-state index in [0.717, 1.165) is 37.7 Å². The molecule has 0 radical (unpaired) electrons. The van der Waals surface area contributed by atoms with Crippen molar-refractivity contribution in [1.82, 2.24) is 0 Å². The fourth-order valence-corrected chi connectivity index (χ4v) is 6.64. The van der Waals surface area contributed by atoms with Gasteiger partial charge < -0.3 is 4.74 Å². The Hall–Kier alpha value is -1.12. The minimum Gasteiger partial charge on any atom is -0.462 e. The van der Waals surface area contributed by atoms with Crippen molar-refractivity contribution in [3.8, 4) is 0 Å². The molecule has 26 heavy (non-hydrogen) atoms. The van der Waals surface area contributed by atoms with Crippen molar-refractivity contribution >= 4 is 11.8 Å². The van der Waals surface area contributed by atoms with Gasteiger partial charge in [-0.2, -0.15) is 0 Å². The largest absolute Gasteiger partial charge is 0.462 e. The Morgan fingerprint density at radius 3 is 2.73 bits per heavy atom. The number of hydrogen-bond acceptors (Lipinski definition) is 3. The van der Waals surface area contributed by atoms with E-state index in [-0.39, 0.29) is 35.1 Å². The van der Waals surface area contributed by atoms with Crippen LogP contribution in [0.15, 0.2) is 11.6 Å². The Labute approximate surface area is 162 Å². The van der Waals surface area contributed by atoms with Gasteiger partial charge in [0.1, 0.15) is 6.10 Å². The summed E-state index contributed by atoms with van der Waals surface area (Å²) in [6, 6.07) is 0. The Kier molecular flexibility index (Phi) is 3.55. The average Bonchev–Trinajstić information content (AvgIpc) is 2.96. The third-order valence-electron chi connectivity index (χ3n) is 8.13. The summed E-state index contributed by atoms with van der Waals surface area (Å²) in [5, 5.41) is 0. The Bertz CT molecular complexity index is 740. The van der Waals surface area contributed by atoms with Gasteiger partial charge in [-0.25, -0.2) is 0 Å². The van der Waals surface area contributed by atoms with Crippen molar-refractivity contribution in [2.45, 2.75) is 85.1 Å². The van der Waals surface area contributed by atoms with Crippen LogP contribution in [0.1, 0.15) is 83.1 Å². The van der Waals surface area contributed by atoms with Crippen LogP contribution >= 0.6 is 0 Å². The summed E-state index contributed by atoms with van der Waals surface area (Å²) in [5.74, 6) is 0.653. The van der Waals surface area contributed by atoms with Crippen LogP contribution in [-0.4, -0.2) is 17.9 Å². The van der Waals surface area contributed by atoms with Crippen molar-refractivity contribution in [2.24, 2.45) is 34.5 Å². The van der Waals surface area contributed by atoms with Gasteiger partial charge in [0.15, 0.2) is 5.78 Å². The van der Waals surface area contributed by atoms with Crippen LogP contribution in [0, 0.1) is 34.5 Å². The molecule has 144 valence electrons. The summed E-state index contributed by atoms with van der Waals surface area (Å²) in [7, 11) is 0. The zero-order valence-corrected chi connectivity index (χ0v) is 16.3. The molecule has 4 aliphatic rings. The van der Waals surface area contributed by atoms with Crippen LogP contribution in [-0.2, 0) is 14.3 Å². The lowest BCUT2D eigenvalue weighted by molar-refractivity contribution is -0.163. The number of carbonyl (C=O) groups excluding carboxylic acids is 2. The second-order valence-electron chi connectivity index (χ2n) is 9.72. The van der Waals surface area contributed by atoms with E-state index in [0.29, 0.717) is 31.1 Å². The number of ether oxygens (including phenoxy) is 1. The van der Waals surface area contributed by atoms with E-state index < -0.39 is 12.3 Å². The molecule has 0 unspecified atom stereocenters. The average molecular weight is 362 g/mol. The Morgan fingerprint density at radius 1 is 1.19 bits per heavy atom. The highest BCUT2D eigenvalue weighted by molar-refractivity contribution is 5.91. The van der Waals surface area contributed by atoms with Crippen LogP contribution in [0.4, 0.5) is 0 Å². The molecular weight excluding hydrogens is 324 g/mol. The van der Waals surface area contributed by atoms with Crippen LogP contribution < -0.4 is 0 Å². The lowest BCUT2D eigenvalue weighted by atomic mass is 9.47. The second kappa shape index (κ2) is 6.21. The van der Waals surface area contributed by atoms with Gasteiger partial charge in [0.05, 0.1) is 5.92 Å². The first-order chi connectivity index (χ1) is 13.5. The first-order valence-electron chi connectivity index (χ1n) is 11.9. The fourth-order valence-electron chi connectivity index (χ4n) is 6.64. The molecule has 0 aromatic carbocycles. The van der Waals surface area contributed by atoms with E-state index in [9.17, 15) is 9.59 Å². The third-order valence-corrected chi connectivity index (χ3v) is 8.13. The van der Waals surface area contributed by atoms with Crippen molar-refractivity contribution in [2.75, 3.05) is 0 Å². The molecule has 0 N–H and O–H groups in total. The van der Waals surface area contributed by atoms with Crippen molar-refractivity contribution in [3.63, 3.8) is 0 Å². The minimum atomic E-state index is -2.08. The summed E-state index contributed by atoms with van der Waals surface area (Å²) in [6.45, 7) is 3.91. The van der Waals surface area contributed by atoms with Crippen LogP contribution in [0.3, 0.4) is 0 Å². The standard InChI is InChI=1S/C23H34O3/c1-14(2)21(25)26-20-8-7-18-17-6-5-15-13-16(24)9-11-22(15,3)19(17)10-12-23(18,20)4/h13-14,17-20H,5-12H2,1-4H3/t17-,18-,19-,20-,22-,23-/m0/s1/i3D3. The van der Waals surface area contributed by atoms with Gasteiger partial charge in [0, 0.05) is 15.9 Å². The van der Waals surface area contributed by atoms with Gasteiger partial charge in [-0.1, -0.05) is 33.2 Å². The first-order valence-corrected chi connectivity index (χ1v) is 10.4. The predicted molar refractivity (Wildman–Crippen MR) is 101 cm³/mol. The molecule has 0 saturated heterocycles. The number of carbonyl (C=O) groups is 2. The molecule has 0 bridgehead atoms. The highest BCUT2D eigenvalue weighted by Crippen LogP contribution is 2.65. The Morgan fingerprint density at radius 2 is 2.00 bits per heavy atom. The normalized spacial score (nSPS) is 47.0. The lowest BCUT2D eigenvalue weighted by Gasteiger charge is -2.57. The zero-order chi connectivity index (χ0) is 21.2. The summed E-state index contributed by atoms with van der Waals surface area (Å²) in [6.07, 6.45) is 7.71. The maximum Gasteiger partial charge on any atom is 0.308 e. The summed E-state index contributed by atoms with van der Waals surface area (Å²) in [4.78, 5) is 24.3. The van der Waals surface area contributed by atoms with Gasteiger partial charge in [0.2, 0.25) is 0 Å². The topological polar surface area (TPSA) is 43.4 Å². The maximum atomic E-state index is 12.3. The molecule has 0 aromatic heterocycles. The monoisotopic (exact) mass is 361 g/mol. The van der Waals surface area contributed by atoms with Gasteiger partial charge in [-0.3, -0.25) is 9.59 Å². The minimum absolute atomic E-state index is 0.0584. The molecule has 4 rings (SSSR count). The van der Waals surface area contributed by atoms with E-state index in [1.54, 1.807) is 6.08 Å². The SMILES string of the molecule is [2H]C([2H])([2H])[C@]12CCC(=O)C=C1CC[C@H]1[C@@H]3CC[C@H](OC(=O)C(C)C)[C@@]3(C)CC[C@@H]12. The smallest absolute Gasteiger partial charge is 0.308 e. The molecule has 6 atom stereocenters. The number of hydrogen-bond donors (Lipinski definition) is 0. The van der Waals surface area contributed by atoms with Gasteiger partial charge in [0.25, 0.3) is 0 Å². The molecule has 3 nitrogen and oxygen atoms in total. The van der Waals surface area contributed by atoms with E-state index in [1.807, 2.05) is 13.8 Å². The van der Waals surface area contributed by atoms with Gasteiger partial charge in [-0.15, -0.1) is 0 Å². The molecule has 0 aromatic rings. The number of esters is 1. The number of rotatable bonds is 2. The molecule has 0 amide bonds. The number of ketones is 1. The molecule has 4 aliphatic carbocycles. The molecular formula is C23H34O3. The molecule has 3 saturated carbocycles. The van der Waals surface area contributed by atoms with Gasteiger partial charge in [-0.05, 0) is 74.2 Å². The van der Waals surface area contributed by atoms with Crippen molar-refractivity contribution in [3.05, 3.63) is 11.6 Å². The third kappa shape index (κ3) is 2.60. The summed E-state index contributed by atoms with van der Waals surface area (Å²) in [5.41, 5.74) is -0.00929. The highest BCUT2D eigenvalue weighted by Gasteiger charge is 2.59. The lowest BCUT2D eigenvalue weighted by Crippen LogP contribution is -2.51. The summed E-state index contributed by atoms with van der Waals surface area (Å²) < 4.78 is 31.3. The number of allylic oxidation sites excluding steroid dienone is 1. The van der Waals surface area contributed by atoms with Crippen LogP contribution in [0.25, 0.3) is 0 Å². The molecule has 0 spiro atoms. The van der Waals surface area contributed by atoms with Crippen molar-refractivity contribution < 1.29 is 18.4 Å². The second-order valence-corrected chi connectivity index (χ2v) is 9.72. The maximum absolute atomic E-state index is 12.3. The summed E-state index contributed by atoms with van der Waals surface area (Å²) >= 11 is 0. The van der Waals surface area contributed by atoms with E-state index in [2.05, 4.69) is 6.92 Å². The molecule has 0 aliphatic heterocycles. The molecule has 3 heteroatoms. The predicted octanol–water partition coefficient (Wildman–Crippen LogP) is 5.09. The zero-order valence-electron chi connectivity index (χ0n) is 19.3. The van der Waals surface area contributed by atoms with E-state index >= 15 is 0 Å². The van der Waals surface area contributed by atoms with Gasteiger partial charge >= 0.3 is 5.97 Å². The Balaban J connectivity index is 1.66. The quantitative estimate of drug-likeness (QED) is 0.644. The molecule has 0 heterocycles. The van der Waals surface area contributed by atoms with E-state index in [1.165, 1.54) is 0 Å². The highest BCUT2D eigenvalue weighted by atomic mass is 16.5. The van der Waals surface area contributed by atoms with E-state index in [4.69, 9.17) is 8.85 Å². The number of fused-ring (bicyclic) bond motifs is 5.